The van der Waals surface area contributed by atoms with E-state index in [0.717, 1.165) is 0 Å². The minimum Gasteiger partial charge on any atom is -0.457 e. The molecule has 0 saturated heterocycles. The average molecular weight is 247 g/mol. The number of hydrogen-bond acceptors (Lipinski definition) is 3. The van der Waals surface area contributed by atoms with Crippen molar-refractivity contribution < 1.29 is 14.3 Å². The number of ketones is 1. The Balaban J connectivity index is 2.77. The molecule has 0 aliphatic carbocycles. The number of Topliss-reactive ketones (excluding diaryl/α,β-unsaturated/α-hetero) is 1. The molecule has 0 bridgehead atoms. The molecule has 15 heavy (non-hydrogen) atoms. The topological polar surface area (TPSA) is 43.4 Å². The number of esters is 1. The van der Waals surface area contributed by atoms with E-state index in [1.54, 1.807) is 0 Å². The van der Waals surface area contributed by atoms with Gasteiger partial charge in [0.15, 0.2) is 12.4 Å². The number of rotatable bonds is 3. The van der Waals surface area contributed by atoms with Gasteiger partial charge >= 0.3 is 5.97 Å². The molecule has 0 spiro atoms. The fourth-order valence-corrected chi connectivity index (χ4v) is 1.49. The van der Waals surface area contributed by atoms with Crippen LogP contribution >= 0.6 is 23.2 Å². The van der Waals surface area contributed by atoms with Gasteiger partial charge in [-0.25, -0.2) is 0 Å². The quantitative estimate of drug-likeness (QED) is 0.609. The lowest BCUT2D eigenvalue weighted by Crippen LogP contribution is -2.11. The van der Waals surface area contributed by atoms with E-state index in [2.05, 4.69) is 4.74 Å². The van der Waals surface area contributed by atoms with Crippen molar-refractivity contribution in [1.29, 1.82) is 0 Å². The van der Waals surface area contributed by atoms with Gasteiger partial charge in [0.2, 0.25) is 0 Å². The molecule has 1 aromatic carbocycles. The first-order valence-electron chi connectivity index (χ1n) is 4.11. The maximum Gasteiger partial charge on any atom is 0.303 e. The Kier molecular flexibility index (Phi) is 4.12. The highest BCUT2D eigenvalue weighted by Crippen LogP contribution is 2.19. The monoisotopic (exact) mass is 246 g/mol. The highest BCUT2D eigenvalue weighted by molar-refractivity contribution is 6.35. The van der Waals surface area contributed by atoms with E-state index >= 15 is 0 Å². The highest BCUT2D eigenvalue weighted by atomic mass is 35.5. The van der Waals surface area contributed by atoms with Crippen LogP contribution in [0.25, 0.3) is 0 Å². The van der Waals surface area contributed by atoms with Crippen LogP contribution in [0.3, 0.4) is 0 Å². The van der Waals surface area contributed by atoms with E-state index in [9.17, 15) is 9.59 Å². The second kappa shape index (κ2) is 5.14. The molecule has 0 atom stereocenters. The number of carbonyl (C=O) groups excluding carboxylic acids is 2. The molecule has 1 aromatic rings. The first-order valence-corrected chi connectivity index (χ1v) is 4.87. The molecule has 0 aliphatic heterocycles. The van der Waals surface area contributed by atoms with E-state index < -0.39 is 5.97 Å². The summed E-state index contributed by atoms with van der Waals surface area (Å²) < 4.78 is 4.56. The van der Waals surface area contributed by atoms with Crippen molar-refractivity contribution >= 4 is 35.0 Å². The number of halogens is 2. The van der Waals surface area contributed by atoms with Gasteiger partial charge < -0.3 is 4.74 Å². The summed E-state index contributed by atoms with van der Waals surface area (Å²) in [5, 5.41) is 0.738. The molecule has 0 heterocycles. The SMILES string of the molecule is CC(=O)OCC(=O)c1cc(Cl)cc(Cl)c1. The molecule has 1 rings (SSSR count). The largest absolute Gasteiger partial charge is 0.457 e. The normalized spacial score (nSPS) is 9.80. The van der Waals surface area contributed by atoms with Gasteiger partial charge in [-0.15, -0.1) is 0 Å². The van der Waals surface area contributed by atoms with Crippen LogP contribution in [0.15, 0.2) is 18.2 Å². The fourth-order valence-electron chi connectivity index (χ4n) is 0.965. The second-order valence-electron chi connectivity index (χ2n) is 2.86. The number of ether oxygens (including phenoxy) is 1. The van der Waals surface area contributed by atoms with Gasteiger partial charge in [0.1, 0.15) is 0 Å². The van der Waals surface area contributed by atoms with Gasteiger partial charge in [-0.2, -0.15) is 0 Å². The predicted molar refractivity (Wildman–Crippen MR) is 57.4 cm³/mol. The zero-order valence-corrected chi connectivity index (χ0v) is 9.43. The molecule has 0 unspecified atom stereocenters. The van der Waals surface area contributed by atoms with Crippen LogP contribution in [-0.2, 0) is 9.53 Å². The summed E-state index contributed by atoms with van der Waals surface area (Å²) in [5.74, 6) is -0.842. The summed E-state index contributed by atoms with van der Waals surface area (Å²) in [6, 6.07) is 4.46. The fraction of sp³-hybridized carbons (Fsp3) is 0.200. The van der Waals surface area contributed by atoms with Gasteiger partial charge in [-0.1, -0.05) is 23.2 Å². The number of hydrogen-bond donors (Lipinski definition) is 0. The van der Waals surface area contributed by atoms with Crippen LogP contribution in [0.4, 0.5) is 0 Å². The van der Waals surface area contributed by atoms with Crippen LogP contribution in [-0.4, -0.2) is 18.4 Å². The van der Waals surface area contributed by atoms with Gasteiger partial charge in [-0.05, 0) is 18.2 Å². The smallest absolute Gasteiger partial charge is 0.303 e. The summed E-state index contributed by atoms with van der Waals surface area (Å²) in [7, 11) is 0. The van der Waals surface area contributed by atoms with E-state index in [1.807, 2.05) is 0 Å². The highest BCUT2D eigenvalue weighted by Gasteiger charge is 2.09. The Morgan fingerprint density at radius 1 is 1.20 bits per heavy atom. The molecule has 0 aromatic heterocycles. The summed E-state index contributed by atoms with van der Waals surface area (Å²) in [6.07, 6.45) is 0. The third kappa shape index (κ3) is 3.90. The molecule has 0 aliphatic rings. The zero-order chi connectivity index (χ0) is 11.4. The van der Waals surface area contributed by atoms with Crippen molar-refractivity contribution in [3.05, 3.63) is 33.8 Å². The number of benzene rings is 1. The Labute approximate surface area is 96.9 Å². The zero-order valence-electron chi connectivity index (χ0n) is 7.92. The maximum absolute atomic E-state index is 11.5. The Morgan fingerprint density at radius 3 is 2.20 bits per heavy atom. The minimum absolute atomic E-state index is 0.300. The van der Waals surface area contributed by atoms with Crippen molar-refractivity contribution in [1.82, 2.24) is 0 Å². The standard InChI is InChI=1S/C10H8Cl2O3/c1-6(13)15-5-10(14)7-2-8(11)4-9(12)3-7/h2-4H,5H2,1H3. The van der Waals surface area contributed by atoms with E-state index in [0.29, 0.717) is 15.6 Å². The maximum atomic E-state index is 11.5. The average Bonchev–Trinajstić information content (AvgIpc) is 2.12. The molecular weight excluding hydrogens is 239 g/mol. The van der Waals surface area contributed by atoms with Gasteiger partial charge in [-0.3, -0.25) is 9.59 Å². The lowest BCUT2D eigenvalue weighted by Gasteiger charge is -2.02. The van der Waals surface area contributed by atoms with E-state index in [-0.39, 0.29) is 12.4 Å². The molecule has 3 nitrogen and oxygen atoms in total. The van der Waals surface area contributed by atoms with Crippen molar-refractivity contribution in [3.8, 4) is 0 Å². The van der Waals surface area contributed by atoms with Crippen molar-refractivity contribution in [2.24, 2.45) is 0 Å². The summed E-state index contributed by atoms with van der Waals surface area (Å²) in [4.78, 5) is 21.9. The van der Waals surface area contributed by atoms with Gasteiger partial charge in [0, 0.05) is 22.5 Å². The summed E-state index contributed by atoms with van der Waals surface area (Å²) >= 11 is 11.4. The van der Waals surface area contributed by atoms with Crippen molar-refractivity contribution in [2.75, 3.05) is 6.61 Å². The van der Waals surface area contributed by atoms with Crippen LogP contribution in [0, 0.1) is 0 Å². The van der Waals surface area contributed by atoms with Gasteiger partial charge in [0.25, 0.3) is 0 Å². The number of carbonyl (C=O) groups is 2. The Morgan fingerprint density at radius 2 is 1.73 bits per heavy atom. The van der Waals surface area contributed by atoms with E-state index in [1.165, 1.54) is 25.1 Å². The molecule has 0 radical (unpaired) electrons. The molecular formula is C10H8Cl2O3. The summed E-state index contributed by atoms with van der Waals surface area (Å²) in [6.45, 7) is 0.935. The third-order valence-corrected chi connectivity index (χ3v) is 2.03. The van der Waals surface area contributed by atoms with Crippen molar-refractivity contribution in [2.45, 2.75) is 6.92 Å². The van der Waals surface area contributed by atoms with Crippen LogP contribution in [0.2, 0.25) is 10.0 Å². The first kappa shape index (κ1) is 12.0. The van der Waals surface area contributed by atoms with Crippen LogP contribution < -0.4 is 0 Å². The van der Waals surface area contributed by atoms with Crippen LogP contribution in [0.5, 0.6) is 0 Å². The molecule has 0 fully saturated rings. The van der Waals surface area contributed by atoms with Crippen molar-refractivity contribution in [3.63, 3.8) is 0 Å². The second-order valence-corrected chi connectivity index (χ2v) is 3.73. The molecule has 0 saturated carbocycles. The molecule has 0 amide bonds. The molecule has 0 N–H and O–H groups in total. The Bertz CT molecular complexity index is 381. The predicted octanol–water partition coefficient (Wildman–Crippen LogP) is 2.74. The lowest BCUT2D eigenvalue weighted by molar-refractivity contribution is -0.139. The van der Waals surface area contributed by atoms with Crippen LogP contribution in [0.1, 0.15) is 17.3 Å². The first-order chi connectivity index (χ1) is 6.99. The Hall–Kier alpha value is -1.06. The minimum atomic E-state index is -0.503. The third-order valence-electron chi connectivity index (χ3n) is 1.59. The van der Waals surface area contributed by atoms with E-state index in [4.69, 9.17) is 23.2 Å². The lowest BCUT2D eigenvalue weighted by atomic mass is 10.1. The summed E-state index contributed by atoms with van der Waals surface area (Å²) in [5.41, 5.74) is 0.328. The van der Waals surface area contributed by atoms with Gasteiger partial charge in [0.05, 0.1) is 0 Å². The molecule has 5 heteroatoms. The molecule has 80 valence electrons.